The van der Waals surface area contributed by atoms with Crippen LogP contribution in [0.25, 0.3) is 28.1 Å². The molecule has 3 aliphatic rings. The Balaban J connectivity index is 1.57. The van der Waals surface area contributed by atoms with Crippen molar-refractivity contribution in [2.75, 3.05) is 12.4 Å². The quantitative estimate of drug-likeness (QED) is 0.319. The van der Waals surface area contributed by atoms with Gasteiger partial charge in [-0.05, 0) is 80.3 Å². The molecule has 2 aromatic carbocycles. The highest BCUT2D eigenvalue weighted by Gasteiger charge is 2.21. The molecule has 0 saturated heterocycles. The molecule has 1 aromatic heterocycles. The van der Waals surface area contributed by atoms with Gasteiger partial charge in [0.1, 0.15) is 5.82 Å². The summed E-state index contributed by atoms with van der Waals surface area (Å²) >= 11 is 0. The molecule has 186 valence electrons. The lowest BCUT2D eigenvalue weighted by atomic mass is 9.93. The van der Waals surface area contributed by atoms with Gasteiger partial charge in [0, 0.05) is 25.2 Å². The van der Waals surface area contributed by atoms with Crippen LogP contribution in [0, 0.1) is 5.82 Å². The van der Waals surface area contributed by atoms with E-state index in [9.17, 15) is 4.39 Å². The first kappa shape index (κ1) is 23.2. The van der Waals surface area contributed by atoms with Crippen LogP contribution in [0.15, 0.2) is 84.1 Å². The van der Waals surface area contributed by atoms with Gasteiger partial charge in [-0.3, -0.25) is 4.99 Å². The lowest BCUT2D eigenvalue weighted by Gasteiger charge is -2.25. The first-order valence-electron chi connectivity index (χ1n) is 12.5. The van der Waals surface area contributed by atoms with E-state index in [2.05, 4.69) is 25.9 Å². The second kappa shape index (κ2) is 10.1. The molecule has 37 heavy (non-hydrogen) atoms. The number of hydrogen-bond acceptors (Lipinski definition) is 6. The molecule has 2 aliphatic carbocycles. The fourth-order valence-electron chi connectivity index (χ4n) is 5.01. The fraction of sp³-hybridized carbons (Fsp3) is 0.241. The normalized spacial score (nSPS) is 18.4. The summed E-state index contributed by atoms with van der Waals surface area (Å²) in [5.74, 6) is 0.220. The van der Waals surface area contributed by atoms with Gasteiger partial charge < -0.3 is 14.6 Å². The predicted octanol–water partition coefficient (Wildman–Crippen LogP) is 5.66. The van der Waals surface area contributed by atoms with Gasteiger partial charge >= 0.3 is 0 Å². The van der Waals surface area contributed by atoms with Crippen molar-refractivity contribution in [2.45, 2.75) is 37.8 Å². The van der Waals surface area contributed by atoms with Crippen LogP contribution in [-0.4, -0.2) is 38.8 Å². The van der Waals surface area contributed by atoms with Gasteiger partial charge in [0.25, 0.3) is 0 Å². The van der Waals surface area contributed by atoms with E-state index < -0.39 is 0 Å². The standard InChI is InChI=1S/C29H27FN6O/c1-37-22-13-9-20(10-14-22)33-25-18-28-26(17-24(25)35-29-31-15-4-16-32-29)34-23-5-2-3-6-27(23)36(28)21-11-7-19(30)8-12-21/h2-8,11-12,15-18,20,22H,9-10,13-14H2,1H3,(H,31,32,35)/b33-25+. The Hall–Kier alpha value is -4.17. The van der Waals surface area contributed by atoms with Crippen molar-refractivity contribution in [1.82, 2.24) is 19.5 Å². The highest BCUT2D eigenvalue weighted by Crippen LogP contribution is 2.31. The maximum atomic E-state index is 13.8. The predicted molar refractivity (Wildman–Crippen MR) is 142 cm³/mol. The number of nitrogens with zero attached hydrogens (tertiary/aromatic N) is 5. The molecule has 0 amide bonds. The summed E-state index contributed by atoms with van der Waals surface area (Å²) in [4.78, 5) is 18.8. The number of fused-ring (bicyclic) bond motifs is 2. The Morgan fingerprint density at radius 1 is 0.946 bits per heavy atom. The van der Waals surface area contributed by atoms with Crippen LogP contribution < -0.4 is 10.7 Å². The smallest absolute Gasteiger partial charge is 0.227 e. The second-order valence-corrected chi connectivity index (χ2v) is 9.26. The van der Waals surface area contributed by atoms with E-state index in [1.807, 2.05) is 30.3 Å². The first-order chi connectivity index (χ1) is 18.2. The van der Waals surface area contributed by atoms with Crippen molar-refractivity contribution in [2.24, 2.45) is 4.99 Å². The van der Waals surface area contributed by atoms with Gasteiger partial charge in [-0.15, -0.1) is 0 Å². The largest absolute Gasteiger partial charge is 0.381 e. The molecular formula is C29H27FN6O. The van der Waals surface area contributed by atoms with Crippen molar-refractivity contribution >= 4 is 22.7 Å². The van der Waals surface area contributed by atoms with Crippen LogP contribution in [0.5, 0.6) is 0 Å². The van der Waals surface area contributed by atoms with Crippen LogP contribution in [-0.2, 0) is 4.74 Å². The van der Waals surface area contributed by atoms with Crippen molar-refractivity contribution in [3.63, 3.8) is 0 Å². The third kappa shape index (κ3) is 4.80. The molecule has 1 saturated carbocycles. The van der Waals surface area contributed by atoms with E-state index in [1.54, 1.807) is 37.7 Å². The van der Waals surface area contributed by atoms with Crippen molar-refractivity contribution in [3.8, 4) is 17.1 Å². The van der Waals surface area contributed by atoms with Gasteiger partial charge in [0.15, 0.2) is 0 Å². The van der Waals surface area contributed by atoms with Gasteiger partial charge in [0.2, 0.25) is 5.95 Å². The Kier molecular flexibility index (Phi) is 6.32. The minimum absolute atomic E-state index is 0.189. The number of aromatic nitrogens is 4. The molecule has 0 spiro atoms. The minimum atomic E-state index is -0.274. The molecule has 1 aliphatic heterocycles. The van der Waals surface area contributed by atoms with E-state index in [4.69, 9.17) is 14.7 Å². The molecule has 1 fully saturated rings. The fourth-order valence-corrected chi connectivity index (χ4v) is 5.01. The van der Waals surface area contributed by atoms with Crippen molar-refractivity contribution in [3.05, 3.63) is 90.3 Å². The molecule has 3 aromatic rings. The van der Waals surface area contributed by atoms with E-state index in [1.165, 1.54) is 12.1 Å². The number of halogens is 1. The number of benzene rings is 3. The molecule has 0 bridgehead atoms. The monoisotopic (exact) mass is 494 g/mol. The summed E-state index contributed by atoms with van der Waals surface area (Å²) in [5.41, 5.74) is 5.08. The number of nitrogens with one attached hydrogen (secondary N) is 1. The molecule has 0 radical (unpaired) electrons. The number of anilines is 2. The average Bonchev–Trinajstić information content (AvgIpc) is 2.94. The Morgan fingerprint density at radius 2 is 1.70 bits per heavy atom. The van der Waals surface area contributed by atoms with Gasteiger partial charge in [-0.2, -0.15) is 0 Å². The van der Waals surface area contributed by atoms with E-state index >= 15 is 0 Å². The number of methoxy groups -OCH3 is 1. The van der Waals surface area contributed by atoms with Crippen LogP contribution in [0.3, 0.4) is 0 Å². The topological polar surface area (TPSA) is 77.2 Å². The van der Waals surface area contributed by atoms with E-state index in [0.717, 1.165) is 64.8 Å². The van der Waals surface area contributed by atoms with E-state index in [-0.39, 0.29) is 11.9 Å². The summed E-state index contributed by atoms with van der Waals surface area (Å²) in [6, 6.07) is 20.5. The number of hydrogen-bond donors (Lipinski definition) is 1. The summed E-state index contributed by atoms with van der Waals surface area (Å²) < 4.78 is 21.5. The Bertz CT molecular complexity index is 1560. The molecule has 7 nitrogen and oxygen atoms in total. The summed E-state index contributed by atoms with van der Waals surface area (Å²) in [5, 5.41) is 4.16. The lowest BCUT2D eigenvalue weighted by Crippen LogP contribution is -2.25. The van der Waals surface area contributed by atoms with Crippen LogP contribution in [0.1, 0.15) is 25.7 Å². The molecule has 8 heteroatoms. The van der Waals surface area contributed by atoms with Crippen molar-refractivity contribution in [1.29, 1.82) is 0 Å². The Morgan fingerprint density at radius 3 is 2.46 bits per heavy atom. The first-order valence-corrected chi connectivity index (χ1v) is 12.5. The zero-order chi connectivity index (χ0) is 25.2. The van der Waals surface area contributed by atoms with Crippen LogP contribution in [0.2, 0.25) is 0 Å². The van der Waals surface area contributed by atoms with Crippen LogP contribution >= 0.6 is 0 Å². The zero-order valence-electron chi connectivity index (χ0n) is 20.5. The number of rotatable bonds is 5. The minimum Gasteiger partial charge on any atom is -0.381 e. The highest BCUT2D eigenvalue weighted by molar-refractivity contribution is 5.84. The van der Waals surface area contributed by atoms with Gasteiger partial charge in [0.05, 0.1) is 45.6 Å². The average molecular weight is 495 g/mol. The highest BCUT2D eigenvalue weighted by atomic mass is 19.1. The maximum absolute atomic E-state index is 13.8. The molecule has 0 unspecified atom stereocenters. The lowest BCUT2D eigenvalue weighted by molar-refractivity contribution is 0.0663. The zero-order valence-corrected chi connectivity index (χ0v) is 20.5. The number of ether oxygens (including phenoxy) is 1. The van der Waals surface area contributed by atoms with E-state index in [0.29, 0.717) is 12.1 Å². The maximum Gasteiger partial charge on any atom is 0.227 e. The third-order valence-corrected chi connectivity index (χ3v) is 6.89. The molecule has 2 heterocycles. The van der Waals surface area contributed by atoms with Gasteiger partial charge in [-0.1, -0.05) is 12.1 Å². The molecule has 6 rings (SSSR count). The summed E-state index contributed by atoms with van der Waals surface area (Å²) in [6.45, 7) is 0. The van der Waals surface area contributed by atoms with Gasteiger partial charge in [-0.25, -0.2) is 19.3 Å². The molecular weight excluding hydrogens is 467 g/mol. The summed E-state index contributed by atoms with van der Waals surface area (Å²) in [6.07, 6.45) is 7.61. The van der Waals surface area contributed by atoms with Crippen molar-refractivity contribution < 1.29 is 9.13 Å². The second-order valence-electron chi connectivity index (χ2n) is 9.26. The molecule has 0 atom stereocenters. The molecule has 1 N–H and O–H groups in total. The summed E-state index contributed by atoms with van der Waals surface area (Å²) in [7, 11) is 1.78. The van der Waals surface area contributed by atoms with Crippen LogP contribution in [0.4, 0.5) is 16.0 Å². The third-order valence-electron chi connectivity index (χ3n) is 6.89. The Labute approximate surface area is 214 Å². The number of para-hydroxylation sites is 2. The SMILES string of the molecule is COC1CCC(/N=c2\cc3n(-c4ccc(F)cc4)c4ccccc4nc-3cc2Nc2ncccn2)CC1.